The Morgan fingerprint density at radius 3 is 2.27 bits per heavy atom. The molecule has 0 spiro atoms. The number of likely N-dealkylation sites (tertiary alicyclic amines) is 1. The molecule has 6 nitrogen and oxygen atoms in total. The maximum absolute atomic E-state index is 12.2. The number of nitrogens with zero attached hydrogens (tertiary/aromatic N) is 3. The molecular weight excluding hydrogens is 489 g/mol. The maximum Gasteiger partial charge on any atom is 0.240 e. The van der Waals surface area contributed by atoms with Crippen LogP contribution >= 0.6 is 24.0 Å². The molecule has 1 heterocycles. The number of likely N-dealkylation sites (N-methyl/N-ethyl adjacent to an activating group) is 1. The summed E-state index contributed by atoms with van der Waals surface area (Å²) in [5.74, 6) is 0.711. The highest BCUT2D eigenvalue weighted by Gasteiger charge is 2.17. The summed E-state index contributed by atoms with van der Waals surface area (Å²) < 4.78 is 0. The molecule has 0 unspecified atom stereocenters. The van der Waals surface area contributed by atoms with E-state index >= 15 is 0 Å². The first kappa shape index (κ1) is 26.7. The number of hydrogen-bond acceptors (Lipinski definition) is 3. The van der Waals surface area contributed by atoms with Gasteiger partial charge in [-0.05, 0) is 57.8 Å². The van der Waals surface area contributed by atoms with Crippen molar-refractivity contribution >= 4 is 35.8 Å². The van der Waals surface area contributed by atoms with Gasteiger partial charge in [-0.1, -0.05) is 37.1 Å². The zero-order chi connectivity index (χ0) is 21.3. The van der Waals surface area contributed by atoms with Crippen LogP contribution in [0.5, 0.6) is 0 Å². The quantitative estimate of drug-likeness (QED) is 0.336. The number of amides is 1. The molecular formula is C23H40IN5O. The molecule has 2 rings (SSSR count). The van der Waals surface area contributed by atoms with E-state index in [4.69, 9.17) is 0 Å². The molecule has 0 bridgehead atoms. The Morgan fingerprint density at radius 2 is 1.70 bits per heavy atom. The summed E-state index contributed by atoms with van der Waals surface area (Å²) in [5, 5.41) is 6.41. The maximum atomic E-state index is 12.2. The van der Waals surface area contributed by atoms with E-state index in [1.807, 2.05) is 32.7 Å². The lowest BCUT2D eigenvalue weighted by molar-refractivity contribution is -0.122. The second-order valence-corrected chi connectivity index (χ2v) is 9.01. The fourth-order valence-corrected chi connectivity index (χ4v) is 3.73. The third-order valence-electron chi connectivity index (χ3n) is 5.12. The van der Waals surface area contributed by atoms with Crippen molar-refractivity contribution in [2.75, 3.05) is 33.7 Å². The molecule has 170 valence electrons. The van der Waals surface area contributed by atoms with Crippen molar-refractivity contribution in [2.24, 2.45) is 4.99 Å². The van der Waals surface area contributed by atoms with Crippen LogP contribution in [0.2, 0.25) is 0 Å². The number of benzene rings is 1. The molecule has 1 aromatic rings. The van der Waals surface area contributed by atoms with Gasteiger partial charge < -0.3 is 15.5 Å². The van der Waals surface area contributed by atoms with Crippen LogP contribution in [0.3, 0.4) is 0 Å². The summed E-state index contributed by atoms with van der Waals surface area (Å²) in [6, 6.07) is 8.62. The number of hydrogen-bond donors (Lipinski definition) is 2. The first-order chi connectivity index (χ1) is 13.8. The SMILES string of the molecule is CN=C(NCc1ccccc1CN1CCCCCC1)N(C)CC(=O)NC(C)(C)C.I. The molecule has 30 heavy (non-hydrogen) atoms. The summed E-state index contributed by atoms with van der Waals surface area (Å²) in [4.78, 5) is 21.0. The van der Waals surface area contributed by atoms with Gasteiger partial charge in [-0.25, -0.2) is 0 Å². The average Bonchev–Trinajstić information content (AvgIpc) is 2.90. The molecule has 0 atom stereocenters. The Labute approximate surface area is 199 Å². The third-order valence-corrected chi connectivity index (χ3v) is 5.12. The predicted octanol–water partition coefficient (Wildman–Crippen LogP) is 3.60. The first-order valence-corrected chi connectivity index (χ1v) is 10.8. The highest BCUT2D eigenvalue weighted by Crippen LogP contribution is 2.16. The standard InChI is InChI=1S/C23H39N5O.HI/c1-23(2,3)26-21(29)18-27(5)22(24-4)25-16-19-12-8-9-13-20(19)17-28-14-10-6-7-11-15-28;/h8-9,12-13H,6-7,10-11,14-18H2,1-5H3,(H,24,25)(H,26,29);1H. The van der Waals surface area contributed by atoms with Crippen LogP contribution in [0.15, 0.2) is 29.3 Å². The lowest BCUT2D eigenvalue weighted by Gasteiger charge is -2.26. The van der Waals surface area contributed by atoms with Crippen LogP contribution in [0.4, 0.5) is 0 Å². The monoisotopic (exact) mass is 529 g/mol. The molecule has 0 saturated carbocycles. The van der Waals surface area contributed by atoms with E-state index in [1.54, 1.807) is 7.05 Å². The number of halogens is 1. The summed E-state index contributed by atoms with van der Waals surface area (Å²) in [6.45, 7) is 10.3. The van der Waals surface area contributed by atoms with Crippen molar-refractivity contribution < 1.29 is 4.79 Å². The number of carbonyl (C=O) groups excluding carboxylic acids is 1. The zero-order valence-corrected chi connectivity index (χ0v) is 21.7. The predicted molar refractivity (Wildman–Crippen MR) is 136 cm³/mol. The molecule has 1 aromatic carbocycles. The van der Waals surface area contributed by atoms with E-state index in [2.05, 4.69) is 44.8 Å². The van der Waals surface area contributed by atoms with Crippen molar-refractivity contribution in [1.82, 2.24) is 20.4 Å². The summed E-state index contributed by atoms with van der Waals surface area (Å²) >= 11 is 0. The third kappa shape index (κ3) is 9.64. The van der Waals surface area contributed by atoms with Crippen LogP contribution in [0.1, 0.15) is 57.6 Å². The lowest BCUT2D eigenvalue weighted by Crippen LogP contribution is -2.48. The number of nitrogens with one attached hydrogen (secondary N) is 2. The molecule has 0 aliphatic carbocycles. The van der Waals surface area contributed by atoms with Gasteiger partial charge >= 0.3 is 0 Å². The van der Waals surface area contributed by atoms with Gasteiger partial charge in [-0.3, -0.25) is 14.7 Å². The number of guanidine groups is 1. The topological polar surface area (TPSA) is 60.0 Å². The first-order valence-electron chi connectivity index (χ1n) is 10.8. The van der Waals surface area contributed by atoms with Gasteiger partial charge in [0.05, 0.1) is 6.54 Å². The highest BCUT2D eigenvalue weighted by atomic mass is 127. The van der Waals surface area contributed by atoms with Crippen LogP contribution in [-0.4, -0.2) is 60.9 Å². The molecule has 1 saturated heterocycles. The smallest absolute Gasteiger partial charge is 0.240 e. The van der Waals surface area contributed by atoms with Crippen molar-refractivity contribution in [3.8, 4) is 0 Å². The molecule has 1 amide bonds. The molecule has 0 aromatic heterocycles. The van der Waals surface area contributed by atoms with E-state index in [1.165, 1.54) is 49.9 Å². The number of aliphatic imine (C=N–C) groups is 1. The van der Waals surface area contributed by atoms with E-state index in [-0.39, 0.29) is 42.0 Å². The van der Waals surface area contributed by atoms with Crippen molar-refractivity contribution in [1.29, 1.82) is 0 Å². The van der Waals surface area contributed by atoms with Gasteiger partial charge in [0.25, 0.3) is 0 Å². The van der Waals surface area contributed by atoms with Gasteiger partial charge in [0.15, 0.2) is 5.96 Å². The van der Waals surface area contributed by atoms with Gasteiger partial charge in [-0.2, -0.15) is 0 Å². The fourth-order valence-electron chi connectivity index (χ4n) is 3.73. The Hall–Kier alpha value is -1.35. The molecule has 2 N–H and O–H groups in total. The highest BCUT2D eigenvalue weighted by molar-refractivity contribution is 14.0. The second-order valence-electron chi connectivity index (χ2n) is 9.01. The minimum atomic E-state index is -0.235. The fraction of sp³-hybridized carbons (Fsp3) is 0.652. The van der Waals surface area contributed by atoms with Crippen molar-refractivity contribution in [3.05, 3.63) is 35.4 Å². The zero-order valence-electron chi connectivity index (χ0n) is 19.3. The average molecular weight is 530 g/mol. The Bertz CT molecular complexity index is 678. The summed E-state index contributed by atoms with van der Waals surface area (Å²) in [5.41, 5.74) is 2.41. The lowest BCUT2D eigenvalue weighted by atomic mass is 10.1. The minimum absolute atomic E-state index is 0. The van der Waals surface area contributed by atoms with E-state index in [0.29, 0.717) is 6.54 Å². The Morgan fingerprint density at radius 1 is 1.10 bits per heavy atom. The van der Waals surface area contributed by atoms with Gasteiger partial charge in [0.2, 0.25) is 5.91 Å². The van der Waals surface area contributed by atoms with Gasteiger partial charge in [-0.15, -0.1) is 24.0 Å². The number of carbonyl (C=O) groups is 1. The Balaban J connectivity index is 0.00000450. The minimum Gasteiger partial charge on any atom is -0.352 e. The van der Waals surface area contributed by atoms with Crippen molar-refractivity contribution in [2.45, 2.75) is 65.1 Å². The second kappa shape index (κ2) is 13.1. The summed E-state index contributed by atoms with van der Waals surface area (Å²) in [6.07, 6.45) is 5.30. The van der Waals surface area contributed by atoms with Crippen LogP contribution in [0, 0.1) is 0 Å². The van der Waals surface area contributed by atoms with E-state index in [0.717, 1.165) is 12.5 Å². The molecule has 1 aliphatic rings. The largest absolute Gasteiger partial charge is 0.352 e. The molecule has 0 radical (unpaired) electrons. The van der Waals surface area contributed by atoms with Crippen LogP contribution < -0.4 is 10.6 Å². The van der Waals surface area contributed by atoms with E-state index in [9.17, 15) is 4.79 Å². The van der Waals surface area contributed by atoms with Crippen molar-refractivity contribution in [3.63, 3.8) is 0 Å². The van der Waals surface area contributed by atoms with Crippen LogP contribution in [0.25, 0.3) is 0 Å². The number of rotatable bonds is 6. The molecule has 1 aliphatic heterocycles. The van der Waals surface area contributed by atoms with Crippen LogP contribution in [-0.2, 0) is 17.9 Å². The van der Waals surface area contributed by atoms with E-state index < -0.39 is 0 Å². The normalized spacial score (nSPS) is 15.7. The summed E-state index contributed by atoms with van der Waals surface area (Å²) in [7, 11) is 3.64. The molecule has 7 heteroatoms. The molecule has 1 fully saturated rings. The van der Waals surface area contributed by atoms with Gasteiger partial charge in [0.1, 0.15) is 0 Å². The van der Waals surface area contributed by atoms with Gasteiger partial charge in [0, 0.05) is 32.7 Å². The Kier molecular flexibility index (Phi) is 11.7.